The molecule has 2 heterocycles. The molecule has 0 aliphatic heterocycles. The zero-order valence-corrected chi connectivity index (χ0v) is 10.3. The van der Waals surface area contributed by atoms with Crippen molar-refractivity contribution in [3.05, 3.63) is 48.0 Å². The van der Waals surface area contributed by atoms with Crippen LogP contribution in [0.15, 0.2) is 36.8 Å². The Balaban J connectivity index is 2.13. The van der Waals surface area contributed by atoms with Crippen LogP contribution in [0, 0.1) is 0 Å². The Morgan fingerprint density at radius 2 is 2.06 bits per heavy atom. The largest absolute Gasteiger partial charge is 0.310 e. The van der Waals surface area contributed by atoms with Crippen LogP contribution in [-0.4, -0.2) is 21.3 Å². The van der Waals surface area contributed by atoms with Crippen molar-refractivity contribution in [2.24, 2.45) is 7.05 Å². The molecule has 0 spiro atoms. The van der Waals surface area contributed by atoms with E-state index in [0.717, 1.165) is 18.7 Å². The molecule has 4 nitrogen and oxygen atoms in total. The van der Waals surface area contributed by atoms with Crippen molar-refractivity contribution in [1.29, 1.82) is 0 Å². The maximum atomic E-state index is 4.42. The highest BCUT2D eigenvalue weighted by Gasteiger charge is 2.12. The first-order valence-corrected chi connectivity index (χ1v) is 5.91. The van der Waals surface area contributed by atoms with Gasteiger partial charge in [0.2, 0.25) is 0 Å². The molecule has 2 aromatic heterocycles. The molecule has 0 aromatic carbocycles. The maximum absolute atomic E-state index is 4.42. The molecule has 0 aliphatic carbocycles. The number of pyridine rings is 1. The predicted octanol–water partition coefficient (Wildman–Crippen LogP) is 1.71. The number of aromatic nitrogens is 3. The Hall–Kier alpha value is -1.68. The minimum Gasteiger partial charge on any atom is -0.310 e. The van der Waals surface area contributed by atoms with Crippen LogP contribution in [0.2, 0.25) is 0 Å². The summed E-state index contributed by atoms with van der Waals surface area (Å²) in [4.78, 5) is 4.05. The van der Waals surface area contributed by atoms with Gasteiger partial charge in [-0.15, -0.1) is 0 Å². The van der Waals surface area contributed by atoms with Gasteiger partial charge in [-0.2, -0.15) is 5.10 Å². The van der Waals surface area contributed by atoms with Gasteiger partial charge in [-0.25, -0.2) is 0 Å². The molecule has 0 amide bonds. The lowest BCUT2D eigenvalue weighted by atomic mass is 10.0. The van der Waals surface area contributed by atoms with E-state index in [0.29, 0.717) is 6.04 Å². The summed E-state index contributed by atoms with van der Waals surface area (Å²) >= 11 is 0. The molecular formula is C13H18N4. The first kappa shape index (κ1) is 11.8. The molecule has 4 heteroatoms. The average molecular weight is 230 g/mol. The molecule has 0 saturated carbocycles. The van der Waals surface area contributed by atoms with E-state index in [1.54, 1.807) is 0 Å². The molecule has 0 fully saturated rings. The van der Waals surface area contributed by atoms with Gasteiger partial charge in [0.1, 0.15) is 0 Å². The fraction of sp³-hybridized carbons (Fsp3) is 0.385. The summed E-state index contributed by atoms with van der Waals surface area (Å²) in [5.74, 6) is 0. The van der Waals surface area contributed by atoms with Gasteiger partial charge >= 0.3 is 0 Å². The third-order valence-electron chi connectivity index (χ3n) is 2.74. The van der Waals surface area contributed by atoms with Crippen LogP contribution in [0.25, 0.3) is 0 Å². The Kier molecular flexibility index (Phi) is 3.88. The fourth-order valence-corrected chi connectivity index (χ4v) is 1.93. The van der Waals surface area contributed by atoms with Crippen LogP contribution in [0.4, 0.5) is 0 Å². The van der Waals surface area contributed by atoms with Crippen LogP contribution in [0.1, 0.15) is 24.2 Å². The monoisotopic (exact) mass is 230 g/mol. The first-order chi connectivity index (χ1) is 8.29. The van der Waals surface area contributed by atoms with Gasteiger partial charge in [0.05, 0.1) is 5.69 Å². The van der Waals surface area contributed by atoms with Crippen LogP contribution in [0.5, 0.6) is 0 Å². The number of likely N-dealkylation sites (N-methyl/N-ethyl adjacent to an activating group) is 1. The van der Waals surface area contributed by atoms with Crippen LogP contribution in [-0.2, 0) is 13.5 Å². The molecule has 0 radical (unpaired) electrons. The third kappa shape index (κ3) is 3.14. The summed E-state index contributed by atoms with van der Waals surface area (Å²) in [7, 11) is 1.94. The van der Waals surface area contributed by atoms with Crippen molar-refractivity contribution in [1.82, 2.24) is 20.1 Å². The van der Waals surface area contributed by atoms with E-state index in [1.165, 1.54) is 5.56 Å². The van der Waals surface area contributed by atoms with Gasteiger partial charge in [0.15, 0.2) is 0 Å². The lowest BCUT2D eigenvalue weighted by Gasteiger charge is -2.16. The van der Waals surface area contributed by atoms with E-state index < -0.39 is 0 Å². The molecule has 0 aliphatic rings. The molecule has 0 bridgehead atoms. The second kappa shape index (κ2) is 5.59. The highest BCUT2D eigenvalue weighted by Crippen LogP contribution is 2.16. The summed E-state index contributed by atoms with van der Waals surface area (Å²) in [6.45, 7) is 3.06. The number of nitrogens with one attached hydrogen (secondary N) is 1. The van der Waals surface area contributed by atoms with Crippen LogP contribution in [0.3, 0.4) is 0 Å². The second-order valence-corrected chi connectivity index (χ2v) is 4.08. The lowest BCUT2D eigenvalue weighted by Crippen LogP contribution is -2.23. The molecule has 0 saturated heterocycles. The van der Waals surface area contributed by atoms with Gasteiger partial charge in [0, 0.05) is 38.1 Å². The molecule has 2 rings (SSSR count). The van der Waals surface area contributed by atoms with Gasteiger partial charge in [-0.1, -0.05) is 6.92 Å². The number of aryl methyl sites for hydroxylation is 1. The van der Waals surface area contributed by atoms with E-state index in [4.69, 9.17) is 0 Å². The summed E-state index contributed by atoms with van der Waals surface area (Å²) in [6.07, 6.45) is 6.54. The minimum absolute atomic E-state index is 0.304. The third-order valence-corrected chi connectivity index (χ3v) is 2.74. The first-order valence-electron chi connectivity index (χ1n) is 5.91. The van der Waals surface area contributed by atoms with Crippen molar-refractivity contribution in [2.45, 2.75) is 19.4 Å². The molecule has 2 aromatic rings. The second-order valence-electron chi connectivity index (χ2n) is 4.08. The van der Waals surface area contributed by atoms with Crippen molar-refractivity contribution >= 4 is 0 Å². The fourth-order valence-electron chi connectivity index (χ4n) is 1.93. The lowest BCUT2D eigenvalue weighted by molar-refractivity contribution is 0.539. The molecule has 1 atom stereocenters. The van der Waals surface area contributed by atoms with E-state index in [2.05, 4.69) is 40.5 Å². The van der Waals surface area contributed by atoms with Crippen molar-refractivity contribution in [3.8, 4) is 0 Å². The standard InChI is InChI=1S/C13H18N4/c1-3-15-13(11-4-7-14-8-5-11)10-12-6-9-17(2)16-12/h4-9,13,15H,3,10H2,1-2H3. The number of hydrogen-bond acceptors (Lipinski definition) is 3. The summed E-state index contributed by atoms with van der Waals surface area (Å²) in [5, 5.41) is 7.90. The van der Waals surface area contributed by atoms with Crippen molar-refractivity contribution < 1.29 is 0 Å². The summed E-state index contributed by atoms with van der Waals surface area (Å²) in [6, 6.07) is 6.47. The van der Waals surface area contributed by atoms with Crippen molar-refractivity contribution in [3.63, 3.8) is 0 Å². The Morgan fingerprint density at radius 1 is 1.29 bits per heavy atom. The Bertz CT molecular complexity index is 449. The number of hydrogen-bond donors (Lipinski definition) is 1. The molecular weight excluding hydrogens is 212 g/mol. The molecule has 1 N–H and O–H groups in total. The maximum Gasteiger partial charge on any atom is 0.0643 e. The zero-order chi connectivity index (χ0) is 12.1. The van der Waals surface area contributed by atoms with Crippen molar-refractivity contribution in [2.75, 3.05) is 6.54 Å². The Labute approximate surface area is 102 Å². The van der Waals surface area contributed by atoms with Gasteiger partial charge in [-0.05, 0) is 30.3 Å². The van der Waals surface area contributed by atoms with Gasteiger partial charge in [0.25, 0.3) is 0 Å². The van der Waals surface area contributed by atoms with E-state index in [1.807, 2.05) is 30.3 Å². The smallest absolute Gasteiger partial charge is 0.0643 e. The number of rotatable bonds is 5. The molecule has 1 unspecified atom stereocenters. The van der Waals surface area contributed by atoms with Crippen LogP contribution >= 0.6 is 0 Å². The topological polar surface area (TPSA) is 42.7 Å². The summed E-state index contributed by atoms with van der Waals surface area (Å²) < 4.78 is 1.84. The SMILES string of the molecule is CCNC(Cc1ccn(C)n1)c1ccncc1. The van der Waals surface area contributed by atoms with E-state index in [9.17, 15) is 0 Å². The normalized spacial score (nSPS) is 12.6. The highest BCUT2D eigenvalue weighted by molar-refractivity contribution is 5.17. The quantitative estimate of drug-likeness (QED) is 0.850. The average Bonchev–Trinajstić information content (AvgIpc) is 2.75. The number of nitrogens with zero attached hydrogens (tertiary/aromatic N) is 3. The van der Waals surface area contributed by atoms with Crippen LogP contribution < -0.4 is 5.32 Å². The molecule has 17 heavy (non-hydrogen) atoms. The predicted molar refractivity (Wildman–Crippen MR) is 67.6 cm³/mol. The molecule has 90 valence electrons. The van der Waals surface area contributed by atoms with Gasteiger partial charge < -0.3 is 5.32 Å². The Morgan fingerprint density at radius 3 is 2.65 bits per heavy atom. The van der Waals surface area contributed by atoms with E-state index >= 15 is 0 Å². The summed E-state index contributed by atoms with van der Waals surface area (Å²) in [5.41, 5.74) is 2.36. The van der Waals surface area contributed by atoms with E-state index in [-0.39, 0.29) is 0 Å². The minimum atomic E-state index is 0.304. The van der Waals surface area contributed by atoms with Gasteiger partial charge in [-0.3, -0.25) is 9.67 Å². The zero-order valence-electron chi connectivity index (χ0n) is 10.3. The highest BCUT2D eigenvalue weighted by atomic mass is 15.2.